The Kier molecular flexibility index (Phi) is 4.40. The molecule has 0 aromatic rings. The first-order valence-corrected chi connectivity index (χ1v) is 6.95. The molecule has 0 spiro atoms. The van der Waals surface area contributed by atoms with E-state index in [2.05, 4.69) is 12.2 Å². The minimum Gasteiger partial charge on any atom is -0.362 e. The highest BCUT2D eigenvalue weighted by molar-refractivity contribution is 7.91. The lowest BCUT2D eigenvalue weighted by atomic mass is 10.0. The normalized spacial score (nSPS) is 38.9. The maximum absolute atomic E-state index is 11.2. The monoisotopic (exact) mass is 255 g/mol. The average Bonchev–Trinajstić information content (AvgIpc) is 2.59. The maximum Gasteiger partial charge on any atom is 0.150 e. The highest BCUT2D eigenvalue weighted by atomic mass is 35.5. The first kappa shape index (κ1) is 13.2. The van der Waals surface area contributed by atoms with Crippen LogP contribution in [0.15, 0.2) is 0 Å². The molecule has 1 N–H and O–H groups in total. The Balaban J connectivity index is 0.00000112. The van der Waals surface area contributed by atoms with Crippen LogP contribution in [0, 0.1) is 5.92 Å². The standard InChI is InChI=1S/C9H17NO3S.ClH/c1-7-5-13-9(10-7)4-8-2-3-14(11,12)6-8;/h7-10H,2-6H2,1H3;1H. The fraction of sp³-hybridized carbons (Fsp3) is 1.00. The van der Waals surface area contributed by atoms with Crippen LogP contribution in [0.25, 0.3) is 0 Å². The van der Waals surface area contributed by atoms with Crippen molar-refractivity contribution in [1.82, 2.24) is 5.32 Å². The van der Waals surface area contributed by atoms with Crippen molar-refractivity contribution in [2.24, 2.45) is 5.92 Å². The molecule has 3 unspecified atom stereocenters. The summed E-state index contributed by atoms with van der Waals surface area (Å²) in [5, 5.41) is 3.29. The zero-order valence-corrected chi connectivity index (χ0v) is 10.4. The van der Waals surface area contributed by atoms with Crippen LogP contribution in [-0.4, -0.2) is 38.8 Å². The predicted molar refractivity (Wildman–Crippen MR) is 61.0 cm³/mol. The third kappa shape index (κ3) is 3.59. The third-order valence-electron chi connectivity index (χ3n) is 2.89. The van der Waals surface area contributed by atoms with Crippen molar-refractivity contribution >= 4 is 22.2 Å². The van der Waals surface area contributed by atoms with E-state index < -0.39 is 9.84 Å². The number of hydrogen-bond acceptors (Lipinski definition) is 4. The van der Waals surface area contributed by atoms with Gasteiger partial charge in [0.25, 0.3) is 0 Å². The zero-order valence-electron chi connectivity index (χ0n) is 8.81. The Morgan fingerprint density at radius 3 is 2.67 bits per heavy atom. The fourth-order valence-corrected chi connectivity index (χ4v) is 4.05. The lowest BCUT2D eigenvalue weighted by Crippen LogP contribution is -2.30. The number of halogens is 1. The largest absolute Gasteiger partial charge is 0.362 e. The molecule has 2 fully saturated rings. The summed E-state index contributed by atoms with van der Waals surface area (Å²) in [7, 11) is -2.73. The molecule has 2 aliphatic rings. The molecule has 2 saturated heterocycles. The molecule has 4 nitrogen and oxygen atoms in total. The van der Waals surface area contributed by atoms with Crippen LogP contribution >= 0.6 is 12.4 Å². The van der Waals surface area contributed by atoms with Gasteiger partial charge in [-0.3, -0.25) is 5.32 Å². The highest BCUT2D eigenvalue weighted by Crippen LogP contribution is 2.24. The molecule has 0 saturated carbocycles. The Bertz CT molecular complexity index is 306. The highest BCUT2D eigenvalue weighted by Gasteiger charge is 2.31. The van der Waals surface area contributed by atoms with Crippen molar-refractivity contribution in [2.45, 2.75) is 32.0 Å². The quantitative estimate of drug-likeness (QED) is 0.784. The average molecular weight is 256 g/mol. The van der Waals surface area contributed by atoms with E-state index in [1.54, 1.807) is 0 Å². The first-order valence-electron chi connectivity index (χ1n) is 5.13. The Hall–Kier alpha value is 0.160. The van der Waals surface area contributed by atoms with Crippen LogP contribution in [0.5, 0.6) is 0 Å². The minimum atomic E-state index is -2.73. The van der Waals surface area contributed by atoms with Crippen LogP contribution in [0.4, 0.5) is 0 Å². The van der Waals surface area contributed by atoms with Crippen LogP contribution < -0.4 is 5.32 Å². The SMILES string of the molecule is CC1COC(CC2CCS(=O)(=O)C2)N1.Cl. The van der Waals surface area contributed by atoms with E-state index in [4.69, 9.17) is 4.74 Å². The summed E-state index contributed by atoms with van der Waals surface area (Å²) in [4.78, 5) is 0. The smallest absolute Gasteiger partial charge is 0.150 e. The molecular weight excluding hydrogens is 238 g/mol. The predicted octanol–water partition coefficient (Wildman–Crippen LogP) is 0.567. The molecule has 6 heteroatoms. The minimum absolute atomic E-state index is 0. The van der Waals surface area contributed by atoms with Gasteiger partial charge in [0, 0.05) is 6.04 Å². The number of nitrogens with one attached hydrogen (secondary N) is 1. The Morgan fingerprint density at radius 1 is 1.47 bits per heavy atom. The number of rotatable bonds is 2. The number of sulfone groups is 1. The van der Waals surface area contributed by atoms with Crippen molar-refractivity contribution in [3.8, 4) is 0 Å². The van der Waals surface area contributed by atoms with E-state index in [0.29, 0.717) is 23.5 Å². The molecule has 2 heterocycles. The van der Waals surface area contributed by atoms with Gasteiger partial charge in [0.2, 0.25) is 0 Å². The van der Waals surface area contributed by atoms with Crippen molar-refractivity contribution in [3.63, 3.8) is 0 Å². The van der Waals surface area contributed by atoms with E-state index in [1.165, 1.54) is 0 Å². The molecule has 2 aliphatic heterocycles. The van der Waals surface area contributed by atoms with Gasteiger partial charge in [0.05, 0.1) is 18.1 Å². The molecule has 3 atom stereocenters. The molecule has 0 aromatic carbocycles. The molecule has 2 rings (SSSR count). The number of hydrogen-bond donors (Lipinski definition) is 1. The molecule has 0 aromatic heterocycles. The summed E-state index contributed by atoms with van der Waals surface area (Å²) in [5.74, 6) is 1.01. The summed E-state index contributed by atoms with van der Waals surface area (Å²) >= 11 is 0. The van der Waals surface area contributed by atoms with Gasteiger partial charge in [-0.1, -0.05) is 0 Å². The molecular formula is C9H18ClNO3S. The van der Waals surface area contributed by atoms with E-state index >= 15 is 0 Å². The first-order chi connectivity index (χ1) is 6.55. The van der Waals surface area contributed by atoms with Crippen LogP contribution in [0.2, 0.25) is 0 Å². The van der Waals surface area contributed by atoms with E-state index in [0.717, 1.165) is 19.4 Å². The van der Waals surface area contributed by atoms with Gasteiger partial charge in [-0.05, 0) is 25.7 Å². The summed E-state index contributed by atoms with van der Waals surface area (Å²) in [6, 6.07) is 0.401. The van der Waals surface area contributed by atoms with Crippen LogP contribution in [0.1, 0.15) is 19.8 Å². The zero-order chi connectivity index (χ0) is 10.2. The Morgan fingerprint density at radius 2 is 2.20 bits per heavy atom. The molecule has 0 amide bonds. The van der Waals surface area contributed by atoms with Crippen molar-refractivity contribution in [2.75, 3.05) is 18.1 Å². The van der Waals surface area contributed by atoms with Crippen LogP contribution in [0.3, 0.4) is 0 Å². The van der Waals surface area contributed by atoms with E-state index in [9.17, 15) is 8.42 Å². The van der Waals surface area contributed by atoms with Crippen LogP contribution in [-0.2, 0) is 14.6 Å². The van der Waals surface area contributed by atoms with Crippen molar-refractivity contribution in [3.05, 3.63) is 0 Å². The second-order valence-electron chi connectivity index (χ2n) is 4.39. The third-order valence-corrected chi connectivity index (χ3v) is 4.73. The van der Waals surface area contributed by atoms with Gasteiger partial charge in [0.15, 0.2) is 9.84 Å². The van der Waals surface area contributed by atoms with Gasteiger partial charge in [-0.25, -0.2) is 8.42 Å². The fourth-order valence-electron chi connectivity index (χ4n) is 2.17. The Labute approximate surface area is 97.1 Å². The van der Waals surface area contributed by atoms with Gasteiger partial charge < -0.3 is 4.74 Å². The summed E-state index contributed by atoms with van der Waals surface area (Å²) < 4.78 is 27.9. The lowest BCUT2D eigenvalue weighted by molar-refractivity contribution is 0.0819. The van der Waals surface area contributed by atoms with Gasteiger partial charge in [0.1, 0.15) is 6.23 Å². The summed E-state index contributed by atoms with van der Waals surface area (Å²) in [6.45, 7) is 2.82. The van der Waals surface area contributed by atoms with Crippen molar-refractivity contribution < 1.29 is 13.2 Å². The van der Waals surface area contributed by atoms with E-state index in [1.807, 2.05) is 0 Å². The lowest BCUT2D eigenvalue weighted by Gasteiger charge is -2.14. The van der Waals surface area contributed by atoms with Gasteiger partial charge in [-0.15, -0.1) is 12.4 Å². The summed E-state index contributed by atoms with van der Waals surface area (Å²) in [6.07, 6.45) is 1.71. The topological polar surface area (TPSA) is 55.4 Å². The second kappa shape index (κ2) is 4.99. The molecule has 0 bridgehead atoms. The van der Waals surface area contributed by atoms with Gasteiger partial charge in [-0.2, -0.15) is 0 Å². The molecule has 15 heavy (non-hydrogen) atoms. The van der Waals surface area contributed by atoms with Crippen molar-refractivity contribution in [1.29, 1.82) is 0 Å². The molecule has 90 valence electrons. The number of ether oxygens (including phenoxy) is 1. The summed E-state index contributed by atoms with van der Waals surface area (Å²) in [5.41, 5.74) is 0. The molecule has 0 radical (unpaired) electrons. The van der Waals surface area contributed by atoms with Gasteiger partial charge >= 0.3 is 0 Å². The second-order valence-corrected chi connectivity index (χ2v) is 6.62. The van der Waals surface area contributed by atoms with E-state index in [-0.39, 0.29) is 18.6 Å². The molecule has 0 aliphatic carbocycles. The maximum atomic E-state index is 11.2.